The van der Waals surface area contributed by atoms with Crippen molar-refractivity contribution in [3.8, 4) is 0 Å². The van der Waals surface area contributed by atoms with Gasteiger partial charge in [-0.15, -0.1) is 0 Å². The molecule has 0 bridgehead atoms. The highest BCUT2D eigenvalue weighted by molar-refractivity contribution is 5.82. The van der Waals surface area contributed by atoms with Crippen molar-refractivity contribution in [2.75, 3.05) is 6.54 Å². The summed E-state index contributed by atoms with van der Waals surface area (Å²) in [5, 5.41) is 11.8. The summed E-state index contributed by atoms with van der Waals surface area (Å²) >= 11 is 0. The highest BCUT2D eigenvalue weighted by Crippen LogP contribution is 2.38. The first kappa shape index (κ1) is 19.3. The average molecular weight is 354 g/mol. The predicted molar refractivity (Wildman–Crippen MR) is 88.8 cm³/mol. The van der Waals surface area contributed by atoms with E-state index in [1.807, 2.05) is 0 Å². The summed E-state index contributed by atoms with van der Waals surface area (Å²) in [6.07, 6.45) is 4.11. The van der Waals surface area contributed by atoms with Crippen LogP contribution in [0.1, 0.15) is 44.1 Å². The molecule has 7 heteroatoms. The summed E-state index contributed by atoms with van der Waals surface area (Å²) in [7, 11) is 0. The average Bonchev–Trinajstić information content (AvgIpc) is 2.56. The molecular formula is C18H24F2N2O3. The van der Waals surface area contributed by atoms with E-state index in [-0.39, 0.29) is 24.9 Å². The van der Waals surface area contributed by atoms with Crippen LogP contribution in [-0.2, 0) is 16.0 Å². The molecule has 4 N–H and O–H groups in total. The maximum absolute atomic E-state index is 13.7. The van der Waals surface area contributed by atoms with Crippen LogP contribution < -0.4 is 11.1 Å². The number of carbonyl (C=O) groups excluding carboxylic acids is 1. The number of carbonyl (C=O) groups is 2. The van der Waals surface area contributed by atoms with E-state index in [4.69, 9.17) is 10.8 Å². The van der Waals surface area contributed by atoms with E-state index >= 15 is 0 Å². The van der Waals surface area contributed by atoms with Gasteiger partial charge < -0.3 is 16.2 Å². The van der Waals surface area contributed by atoms with E-state index < -0.39 is 35.0 Å². The Morgan fingerprint density at radius 2 is 1.80 bits per heavy atom. The van der Waals surface area contributed by atoms with Crippen LogP contribution in [-0.4, -0.2) is 29.6 Å². The Morgan fingerprint density at radius 1 is 1.20 bits per heavy atom. The van der Waals surface area contributed by atoms with Crippen LogP contribution in [0.4, 0.5) is 8.78 Å². The normalized spacial score (nSPS) is 17.7. The number of hydrogen-bond acceptors (Lipinski definition) is 3. The van der Waals surface area contributed by atoms with Crippen molar-refractivity contribution < 1.29 is 23.5 Å². The van der Waals surface area contributed by atoms with Gasteiger partial charge in [-0.1, -0.05) is 25.3 Å². The van der Waals surface area contributed by atoms with Gasteiger partial charge >= 0.3 is 5.97 Å². The number of benzene rings is 1. The van der Waals surface area contributed by atoms with Gasteiger partial charge in [0.15, 0.2) is 0 Å². The number of carboxylic acid groups (broad SMARTS) is 1. The van der Waals surface area contributed by atoms with Gasteiger partial charge in [0.2, 0.25) is 5.91 Å². The molecule has 0 unspecified atom stereocenters. The number of hydrogen-bond donors (Lipinski definition) is 3. The van der Waals surface area contributed by atoms with Crippen LogP contribution in [0.2, 0.25) is 0 Å². The van der Waals surface area contributed by atoms with Crippen LogP contribution in [0.15, 0.2) is 18.2 Å². The molecule has 0 radical (unpaired) electrons. The summed E-state index contributed by atoms with van der Waals surface area (Å²) in [4.78, 5) is 23.4. The smallest absolute Gasteiger partial charge is 0.303 e. The lowest BCUT2D eigenvalue weighted by Crippen LogP contribution is -2.47. The Bertz CT molecular complexity index is 610. The highest BCUT2D eigenvalue weighted by atomic mass is 19.1. The lowest BCUT2D eigenvalue weighted by Gasteiger charge is -2.36. The van der Waals surface area contributed by atoms with E-state index in [1.165, 1.54) is 6.07 Å². The van der Waals surface area contributed by atoms with Crippen LogP contribution >= 0.6 is 0 Å². The van der Waals surface area contributed by atoms with E-state index in [9.17, 15) is 18.4 Å². The molecule has 5 nitrogen and oxygen atoms in total. The Hall–Kier alpha value is -2.02. The van der Waals surface area contributed by atoms with E-state index in [1.54, 1.807) is 0 Å². The lowest BCUT2D eigenvalue weighted by atomic mass is 9.71. The zero-order valence-corrected chi connectivity index (χ0v) is 14.1. The largest absolute Gasteiger partial charge is 0.481 e. The Morgan fingerprint density at radius 3 is 2.36 bits per heavy atom. The van der Waals surface area contributed by atoms with Gasteiger partial charge in [-0.2, -0.15) is 0 Å². The number of carboxylic acids is 1. The van der Waals surface area contributed by atoms with E-state index in [0.717, 1.165) is 44.2 Å². The summed E-state index contributed by atoms with van der Waals surface area (Å²) < 4.78 is 27.3. The lowest BCUT2D eigenvalue weighted by molar-refractivity contribution is -0.140. The maximum atomic E-state index is 13.7. The van der Waals surface area contributed by atoms with Crippen molar-refractivity contribution in [1.82, 2.24) is 5.32 Å². The molecule has 1 aliphatic rings. The van der Waals surface area contributed by atoms with Gasteiger partial charge in [-0.25, -0.2) is 8.78 Å². The van der Waals surface area contributed by atoms with Crippen LogP contribution in [0.25, 0.3) is 0 Å². The fourth-order valence-electron chi connectivity index (χ4n) is 3.48. The minimum Gasteiger partial charge on any atom is -0.481 e. The number of nitrogens with two attached hydrogens (primary N) is 1. The highest BCUT2D eigenvalue weighted by Gasteiger charge is 2.35. The number of amides is 1. The quantitative estimate of drug-likeness (QED) is 0.701. The van der Waals surface area contributed by atoms with Crippen molar-refractivity contribution >= 4 is 11.9 Å². The zero-order chi connectivity index (χ0) is 18.4. The van der Waals surface area contributed by atoms with Gasteiger partial charge in [0, 0.05) is 18.5 Å². The third kappa shape index (κ3) is 5.22. The molecule has 1 saturated carbocycles. The predicted octanol–water partition coefficient (Wildman–Crippen LogP) is 2.38. The number of halogens is 2. The Balaban J connectivity index is 1.96. The van der Waals surface area contributed by atoms with E-state index in [0.29, 0.717) is 0 Å². The third-order valence-corrected chi connectivity index (χ3v) is 4.90. The first-order valence-corrected chi connectivity index (χ1v) is 8.51. The monoisotopic (exact) mass is 354 g/mol. The molecule has 1 fully saturated rings. The zero-order valence-electron chi connectivity index (χ0n) is 14.1. The third-order valence-electron chi connectivity index (χ3n) is 4.90. The molecule has 1 amide bonds. The van der Waals surface area contributed by atoms with Gasteiger partial charge in [0.05, 0.1) is 12.5 Å². The van der Waals surface area contributed by atoms with Crippen LogP contribution in [0.5, 0.6) is 0 Å². The summed E-state index contributed by atoms with van der Waals surface area (Å²) in [5.74, 6) is -2.90. The van der Waals surface area contributed by atoms with Crippen LogP contribution in [0.3, 0.4) is 0 Å². The van der Waals surface area contributed by atoms with Crippen molar-refractivity contribution in [1.29, 1.82) is 0 Å². The molecule has 25 heavy (non-hydrogen) atoms. The van der Waals surface area contributed by atoms with Crippen molar-refractivity contribution in [2.24, 2.45) is 11.1 Å². The van der Waals surface area contributed by atoms with Crippen molar-refractivity contribution in [3.63, 3.8) is 0 Å². The first-order chi connectivity index (χ1) is 11.8. The molecule has 0 aromatic heterocycles. The second-order valence-corrected chi connectivity index (χ2v) is 6.86. The second kappa shape index (κ2) is 8.38. The Kier molecular flexibility index (Phi) is 6.47. The molecule has 2 rings (SSSR count). The molecule has 1 aromatic carbocycles. The summed E-state index contributed by atoms with van der Waals surface area (Å²) in [5.41, 5.74) is 5.10. The van der Waals surface area contributed by atoms with Gasteiger partial charge in [0.25, 0.3) is 0 Å². The molecule has 0 heterocycles. The van der Waals surface area contributed by atoms with Gasteiger partial charge in [-0.05, 0) is 30.4 Å². The van der Waals surface area contributed by atoms with Gasteiger partial charge in [0.1, 0.15) is 11.6 Å². The maximum Gasteiger partial charge on any atom is 0.303 e. The minimum absolute atomic E-state index is 0.00946. The Labute approximate surface area is 145 Å². The number of nitrogens with one attached hydrogen (secondary N) is 1. The fourth-order valence-corrected chi connectivity index (χ4v) is 3.48. The standard InChI is InChI=1S/C18H24F2N2O3/c19-13-5-4-6-14(20)12(13)9-15(21)17(25)22-11-18(10-16(23)24)7-2-1-3-8-18/h4-6,15H,1-3,7-11,21H2,(H,22,25)(H,23,24)/t15-/m1/s1. The van der Waals surface area contributed by atoms with E-state index in [2.05, 4.69) is 5.32 Å². The minimum atomic E-state index is -1.10. The summed E-state index contributed by atoms with van der Waals surface area (Å²) in [6.45, 7) is 0.214. The number of rotatable bonds is 7. The molecule has 138 valence electrons. The molecule has 1 aliphatic carbocycles. The topological polar surface area (TPSA) is 92.4 Å². The van der Waals surface area contributed by atoms with Crippen LogP contribution in [0, 0.1) is 17.0 Å². The first-order valence-electron chi connectivity index (χ1n) is 8.51. The molecule has 1 atom stereocenters. The molecular weight excluding hydrogens is 330 g/mol. The molecule has 0 spiro atoms. The molecule has 0 aliphatic heterocycles. The second-order valence-electron chi connectivity index (χ2n) is 6.86. The fraction of sp³-hybridized carbons (Fsp3) is 0.556. The summed E-state index contributed by atoms with van der Waals surface area (Å²) in [6, 6.07) is 2.38. The van der Waals surface area contributed by atoms with Gasteiger partial charge in [-0.3, -0.25) is 9.59 Å². The molecule has 0 saturated heterocycles. The number of aliphatic carboxylic acids is 1. The SMILES string of the molecule is N[C@H](Cc1c(F)cccc1F)C(=O)NCC1(CC(=O)O)CCCCC1. The molecule has 1 aromatic rings. The van der Waals surface area contributed by atoms with Crippen molar-refractivity contribution in [2.45, 2.75) is 51.0 Å². The van der Waals surface area contributed by atoms with Crippen molar-refractivity contribution in [3.05, 3.63) is 35.4 Å².